The van der Waals surface area contributed by atoms with Crippen LogP contribution >= 0.6 is 56.7 Å². The highest BCUT2D eigenvalue weighted by Gasteiger charge is 2.24. The van der Waals surface area contributed by atoms with Crippen LogP contribution in [0, 0.1) is 11.6 Å². The predicted octanol–water partition coefficient (Wildman–Crippen LogP) is 25.2. The molecule has 0 unspecified atom stereocenters. The molecule has 766 valence electrons. The maximum Gasteiger partial charge on any atom is 0.357 e. The van der Waals surface area contributed by atoms with E-state index in [1.54, 1.807) is 56.7 Å². The monoisotopic (exact) mass is 2040 g/mol. The lowest BCUT2D eigenvalue weighted by molar-refractivity contribution is 0.0586. The number of nitrogens with zero attached hydrogens (tertiary/aromatic N) is 5. The summed E-state index contributed by atoms with van der Waals surface area (Å²) in [6, 6.07) is 27.6. The van der Waals surface area contributed by atoms with Crippen molar-refractivity contribution in [3.8, 4) is 46.0 Å². The molecule has 0 saturated heterocycles. The van der Waals surface area contributed by atoms with Crippen LogP contribution in [0.25, 0.3) is 0 Å². The highest BCUT2D eigenvalue weighted by atomic mass is 32.1. The Kier molecular flexibility index (Phi) is 57.8. The van der Waals surface area contributed by atoms with Crippen LogP contribution in [0.15, 0.2) is 124 Å². The van der Waals surface area contributed by atoms with Crippen LogP contribution in [0.3, 0.4) is 0 Å². The number of unbranched alkanes of at least 4 members (excludes halogenated alkanes) is 24. The van der Waals surface area contributed by atoms with Gasteiger partial charge in [0.2, 0.25) is 28.9 Å². The number of esters is 5. The van der Waals surface area contributed by atoms with Crippen LogP contribution in [0.2, 0.25) is 0 Å². The summed E-state index contributed by atoms with van der Waals surface area (Å²) in [6.45, 7) is 10.8. The van der Waals surface area contributed by atoms with E-state index in [-0.39, 0.29) is 127 Å². The maximum absolute atomic E-state index is 14.2. The number of carbonyl (C=O) groups is 10. The number of aryl methyl sites for hydroxylation is 4. The fraction of sp³-hybridized carbons (Fsp3) is 0.481. The van der Waals surface area contributed by atoms with Crippen molar-refractivity contribution in [3.63, 3.8) is 0 Å². The number of ether oxygens (including phenoxy) is 13. The minimum atomic E-state index is -0.598. The van der Waals surface area contributed by atoms with Crippen LogP contribution in [-0.4, -0.2) is 173 Å². The molecule has 5 heterocycles. The van der Waals surface area contributed by atoms with Gasteiger partial charge in [-0.1, -0.05) is 201 Å². The first-order chi connectivity index (χ1) is 68.4. The summed E-state index contributed by atoms with van der Waals surface area (Å²) in [5.74, 6) is -0.154. The molecular formula is C106H135F2N5O23S5. The quantitative estimate of drug-likeness (QED) is 0.0148. The van der Waals surface area contributed by atoms with Crippen molar-refractivity contribution in [1.82, 2.24) is 24.9 Å². The second kappa shape index (κ2) is 69.2. The molecule has 0 radical (unpaired) electrons. The largest absolute Gasteiger partial charge is 0.496 e. The van der Waals surface area contributed by atoms with Gasteiger partial charge in [-0.15, -0.1) is 56.7 Å². The van der Waals surface area contributed by atoms with Gasteiger partial charge in [0.25, 0.3) is 0 Å². The summed E-state index contributed by atoms with van der Waals surface area (Å²) < 4.78 is 95.4. The smallest absolute Gasteiger partial charge is 0.357 e. The molecule has 0 aliphatic rings. The van der Waals surface area contributed by atoms with E-state index in [0.717, 1.165) is 143 Å². The number of ketones is 5. The molecule has 10 rings (SSSR count). The molecule has 28 nitrogen and oxygen atoms in total. The van der Waals surface area contributed by atoms with Crippen LogP contribution in [0.5, 0.6) is 46.0 Å². The molecule has 0 atom stereocenters. The van der Waals surface area contributed by atoms with Crippen molar-refractivity contribution >= 4 is 115 Å². The fourth-order valence-electron chi connectivity index (χ4n) is 13.7. The summed E-state index contributed by atoms with van der Waals surface area (Å²) in [6.07, 6.45) is 37.9. The molecule has 5 aromatic carbocycles. The van der Waals surface area contributed by atoms with Gasteiger partial charge in [-0.2, -0.15) is 0 Å². The van der Waals surface area contributed by atoms with Gasteiger partial charge in [0.05, 0.1) is 56.4 Å². The number of benzene rings is 5. The zero-order valence-electron chi connectivity index (χ0n) is 83.1. The van der Waals surface area contributed by atoms with Crippen LogP contribution in [0.4, 0.5) is 8.78 Å². The second-order valence-corrected chi connectivity index (χ2v) is 36.8. The van der Waals surface area contributed by atoms with E-state index < -0.39 is 29.8 Å². The molecule has 0 aliphatic carbocycles. The first-order valence-electron chi connectivity index (χ1n) is 48.0. The third-order valence-electron chi connectivity index (χ3n) is 21.6. The van der Waals surface area contributed by atoms with Crippen LogP contribution in [-0.2, 0) is 49.4 Å². The summed E-state index contributed by atoms with van der Waals surface area (Å²) in [5, 5.41) is 8.42. The van der Waals surface area contributed by atoms with Crippen LogP contribution in [0.1, 0.15) is 345 Å². The predicted molar refractivity (Wildman–Crippen MR) is 544 cm³/mol. The third-order valence-corrected chi connectivity index (χ3v) is 26.0. The molecule has 141 heavy (non-hydrogen) atoms. The van der Waals surface area contributed by atoms with Gasteiger partial charge >= 0.3 is 29.8 Å². The Bertz CT molecular complexity index is 5440. The Morgan fingerprint density at radius 1 is 0.248 bits per heavy atom. The molecule has 0 saturated carbocycles. The highest BCUT2D eigenvalue weighted by Crippen LogP contribution is 2.31. The van der Waals surface area contributed by atoms with E-state index in [1.807, 2.05) is 36.4 Å². The van der Waals surface area contributed by atoms with E-state index in [0.29, 0.717) is 59.3 Å². The number of hydrogen-bond acceptors (Lipinski definition) is 33. The van der Waals surface area contributed by atoms with Gasteiger partial charge in [0.15, 0.2) is 86.5 Å². The number of Topliss-reactive ketones (excluding diaryl/α,β-unsaturated/α-hetero) is 5. The number of hydrogen-bond donors (Lipinski definition) is 0. The zero-order valence-corrected chi connectivity index (χ0v) is 87.2. The molecule has 0 fully saturated rings. The lowest BCUT2D eigenvalue weighted by Crippen LogP contribution is -2.12. The Balaban J connectivity index is 0.000000270. The van der Waals surface area contributed by atoms with Gasteiger partial charge < -0.3 is 61.6 Å². The van der Waals surface area contributed by atoms with E-state index in [2.05, 4.69) is 83.2 Å². The molecule has 0 amide bonds. The SMILES string of the molecule is CCCCCCCCc1cc(OCC(=O)c2nc(C(=O)OC)cs2)ccc1F.CCCCCCCCc1cc(OCC(=O)c2nc(C(=O)OC)cs2)ccc1OC.CCCCCCCCc1ccc(OCC(=O)c2nc(C(=O)OC)cs2)cc1F.CCCCCCCCc1ccc(OCC(=O)c2nc(C(=O)OC)cs2)cc1OC.CCCCCCCOc1ccc(OCC(=O)c2nc(C(=O)OC)cs2)cc1. The molecule has 0 spiro atoms. The minimum Gasteiger partial charge on any atom is -0.496 e. The van der Waals surface area contributed by atoms with Crippen molar-refractivity contribution in [2.75, 3.05) is 89.4 Å². The number of rotatable bonds is 62. The lowest BCUT2D eigenvalue weighted by atomic mass is 10.0. The second-order valence-electron chi connectivity index (χ2n) is 32.5. The summed E-state index contributed by atoms with van der Waals surface area (Å²) in [4.78, 5) is 138. The Hall–Kier alpha value is -11.8. The summed E-state index contributed by atoms with van der Waals surface area (Å²) in [7, 11) is 9.62. The first-order valence-corrected chi connectivity index (χ1v) is 52.4. The van der Waals surface area contributed by atoms with Gasteiger partial charge in [0, 0.05) is 39.0 Å². The van der Waals surface area contributed by atoms with Crippen molar-refractivity contribution in [3.05, 3.63) is 211 Å². The molecular weight excluding hydrogens is 1910 g/mol. The Morgan fingerprint density at radius 3 is 0.837 bits per heavy atom. The minimum absolute atomic E-state index is 0.0842. The molecule has 5 aromatic heterocycles. The maximum atomic E-state index is 14.2. The van der Waals surface area contributed by atoms with E-state index in [1.165, 1.54) is 222 Å². The fourth-order valence-corrected chi connectivity index (χ4v) is 17.2. The zero-order chi connectivity index (χ0) is 102. The highest BCUT2D eigenvalue weighted by molar-refractivity contribution is 7.13. The van der Waals surface area contributed by atoms with Crippen molar-refractivity contribution in [2.45, 2.75) is 247 Å². The van der Waals surface area contributed by atoms with E-state index in [4.69, 9.17) is 37.9 Å². The Morgan fingerprint density at radius 2 is 0.504 bits per heavy atom. The van der Waals surface area contributed by atoms with Gasteiger partial charge in [-0.05, 0) is 153 Å². The van der Waals surface area contributed by atoms with Crippen molar-refractivity contribution in [2.24, 2.45) is 0 Å². The molecule has 35 heteroatoms. The number of carbonyl (C=O) groups excluding carboxylic acids is 10. The van der Waals surface area contributed by atoms with Crippen molar-refractivity contribution < 1.29 is 118 Å². The molecule has 0 N–H and O–H groups in total. The summed E-state index contributed by atoms with van der Waals surface area (Å²) in [5.41, 5.74) is 4.05. The molecule has 0 aliphatic heterocycles. The van der Waals surface area contributed by atoms with E-state index >= 15 is 0 Å². The number of halogens is 2. The van der Waals surface area contributed by atoms with Gasteiger partial charge in [-0.3, -0.25) is 24.0 Å². The Labute approximate surface area is 846 Å². The normalized spacial score (nSPS) is 10.6. The summed E-state index contributed by atoms with van der Waals surface area (Å²) >= 11 is 5.40. The standard InChI is InChI=1S/2C22H29NO5S.2C21H26FNO4S.C20H25NO5S/c1-4-5-6-7-8-9-10-16-13-17(11-12-20(16)26-2)28-14-19(24)21-23-18(15-29-21)22(25)27-3;1-4-5-6-7-8-9-10-16-11-12-17(13-20(16)26-2)28-14-19(24)21-23-18(15-29-21)22(25)27-3;1-3-4-5-6-7-8-9-15-12-16(10-11-17(15)22)27-13-19(24)20-23-18(14-28-20)21(25)26-2;1-3-4-5-6-7-8-9-15-10-11-16(12-17(15)22)27-13-19(24)20-23-18(14-28-20)21(25)26-2;1-3-4-5-6-7-12-25-15-8-10-16(11-9-15)26-13-18(22)19-21-17(14-27-19)20(23)24-2/h2*11-13,15H,4-10,14H2,1-3H3;2*10-12,14H,3-9,13H2,1-2H3;8-11,14H,3-7,12-13H2,1-2H3. The number of methoxy groups -OCH3 is 7. The van der Waals surface area contributed by atoms with E-state index in [9.17, 15) is 56.7 Å². The van der Waals surface area contributed by atoms with Gasteiger partial charge in [-0.25, -0.2) is 57.7 Å². The van der Waals surface area contributed by atoms with Crippen LogP contribution < -0.4 is 37.9 Å². The molecule has 10 aromatic rings. The number of aromatic nitrogens is 5. The molecule has 0 bridgehead atoms. The average molecular weight is 2050 g/mol. The lowest BCUT2D eigenvalue weighted by Gasteiger charge is -2.11. The van der Waals surface area contributed by atoms with Gasteiger partial charge in [0.1, 0.15) is 57.6 Å². The number of thiazole rings is 5. The average Bonchev–Trinajstić information content (AvgIpc) is 1.86. The first kappa shape index (κ1) is 118. The van der Waals surface area contributed by atoms with Crippen molar-refractivity contribution in [1.29, 1.82) is 0 Å². The topological polar surface area (TPSA) is 355 Å². The third kappa shape index (κ3) is 44.5.